The molecule has 0 aliphatic rings. The van der Waals surface area contributed by atoms with E-state index in [9.17, 15) is 10.8 Å². The number of hydrogen-bond donors (Lipinski definition) is 3. The lowest BCUT2D eigenvalue weighted by atomic mass is 9.68. The largest absolute Gasteiger partial charge is 0.330 e. The predicted octanol–water partition coefficient (Wildman–Crippen LogP) is 16.0. The maximum atomic E-state index is 9.56. The summed E-state index contributed by atoms with van der Waals surface area (Å²) in [5.41, 5.74) is 7.13. The van der Waals surface area contributed by atoms with E-state index in [1.807, 2.05) is 0 Å². The molecule has 0 aromatic carbocycles. The van der Waals surface area contributed by atoms with Crippen molar-refractivity contribution in [2.75, 3.05) is 6.54 Å². The Morgan fingerprint density at radius 3 is 1.10 bits per heavy atom. The molecule has 4 N–H and O–H groups in total. The Labute approximate surface area is 309 Å². The minimum Gasteiger partial charge on any atom is -0.330 e. The molecule has 290 valence electrons. The van der Waals surface area contributed by atoms with E-state index in [2.05, 4.69) is 32.9 Å². The summed E-state index contributed by atoms with van der Waals surface area (Å²) in [7, 11) is 0. The molecule has 0 fully saturated rings. The SMILES string of the molecule is CCCCCCCCCCCCCCCC(=N)C(CC=CCCCCCN)(CCCCCCCCC)C(=N)CCCCCCCCCCC. The fourth-order valence-electron chi connectivity index (χ4n) is 7.61. The molecule has 0 aliphatic carbocycles. The molecule has 0 radical (unpaired) electrons. The monoisotopic (exact) mass is 686 g/mol. The van der Waals surface area contributed by atoms with E-state index in [1.165, 1.54) is 180 Å². The number of nitrogens with one attached hydrogen (secondary N) is 2. The summed E-state index contributed by atoms with van der Waals surface area (Å²) in [6.45, 7) is 7.67. The summed E-state index contributed by atoms with van der Waals surface area (Å²) in [4.78, 5) is 0. The molecule has 0 bridgehead atoms. The average Bonchev–Trinajstić information content (AvgIpc) is 3.11. The number of hydrogen-bond acceptors (Lipinski definition) is 3. The smallest absolute Gasteiger partial charge is 0.0489 e. The van der Waals surface area contributed by atoms with Gasteiger partial charge in [-0.15, -0.1) is 0 Å². The van der Waals surface area contributed by atoms with E-state index < -0.39 is 0 Å². The van der Waals surface area contributed by atoms with Gasteiger partial charge in [0, 0.05) is 16.8 Å². The van der Waals surface area contributed by atoms with Gasteiger partial charge in [0.25, 0.3) is 0 Å². The molecule has 0 saturated heterocycles. The first kappa shape index (κ1) is 48.0. The molecule has 0 aromatic heterocycles. The fourth-order valence-corrected chi connectivity index (χ4v) is 7.61. The van der Waals surface area contributed by atoms with E-state index in [0.717, 1.165) is 75.8 Å². The van der Waals surface area contributed by atoms with Crippen LogP contribution in [0.4, 0.5) is 0 Å². The molecule has 0 saturated carbocycles. The van der Waals surface area contributed by atoms with Crippen molar-refractivity contribution in [2.24, 2.45) is 11.1 Å². The second-order valence-electron chi connectivity index (χ2n) is 15.8. The van der Waals surface area contributed by atoms with Crippen LogP contribution in [0.5, 0.6) is 0 Å². The average molecular weight is 686 g/mol. The van der Waals surface area contributed by atoms with Crippen LogP contribution in [-0.2, 0) is 0 Å². The molecule has 3 nitrogen and oxygen atoms in total. The van der Waals surface area contributed by atoms with Gasteiger partial charge in [0.15, 0.2) is 0 Å². The topological polar surface area (TPSA) is 73.7 Å². The van der Waals surface area contributed by atoms with Gasteiger partial charge < -0.3 is 16.6 Å². The summed E-state index contributed by atoms with van der Waals surface area (Å²) in [5.74, 6) is 0. The molecule has 0 spiro atoms. The first-order valence-electron chi connectivity index (χ1n) is 22.6. The molecule has 0 aliphatic heterocycles. The highest BCUT2D eigenvalue weighted by atomic mass is 14.6. The van der Waals surface area contributed by atoms with Gasteiger partial charge >= 0.3 is 0 Å². The van der Waals surface area contributed by atoms with Crippen molar-refractivity contribution in [3.63, 3.8) is 0 Å². The van der Waals surface area contributed by atoms with Crippen LogP contribution in [0, 0.1) is 16.2 Å². The van der Waals surface area contributed by atoms with Crippen molar-refractivity contribution < 1.29 is 0 Å². The Morgan fingerprint density at radius 2 is 0.735 bits per heavy atom. The molecule has 0 amide bonds. The van der Waals surface area contributed by atoms with Crippen molar-refractivity contribution in [1.29, 1.82) is 10.8 Å². The molecular weight excluding hydrogens is 595 g/mol. The maximum absolute atomic E-state index is 9.56. The first-order chi connectivity index (χ1) is 24.1. The second-order valence-corrected chi connectivity index (χ2v) is 15.8. The van der Waals surface area contributed by atoms with Crippen LogP contribution in [0.3, 0.4) is 0 Å². The van der Waals surface area contributed by atoms with Gasteiger partial charge in [-0.3, -0.25) is 0 Å². The van der Waals surface area contributed by atoms with E-state index in [1.54, 1.807) is 0 Å². The third-order valence-electron chi connectivity index (χ3n) is 11.1. The minimum absolute atomic E-state index is 0.353. The highest BCUT2D eigenvalue weighted by molar-refractivity contribution is 6.09. The molecule has 49 heavy (non-hydrogen) atoms. The molecule has 0 heterocycles. The van der Waals surface area contributed by atoms with Gasteiger partial charge in [0.1, 0.15) is 0 Å². The lowest BCUT2D eigenvalue weighted by Crippen LogP contribution is -2.38. The Bertz CT molecular complexity index is 728. The second kappa shape index (κ2) is 38.3. The Hall–Kier alpha value is -0.960. The van der Waals surface area contributed by atoms with E-state index >= 15 is 0 Å². The Morgan fingerprint density at radius 1 is 0.408 bits per heavy atom. The summed E-state index contributed by atoms with van der Waals surface area (Å²) in [6, 6.07) is 0. The van der Waals surface area contributed by atoms with Crippen LogP contribution in [-0.4, -0.2) is 18.0 Å². The fraction of sp³-hybridized carbons (Fsp3) is 0.913. The van der Waals surface area contributed by atoms with Crippen molar-refractivity contribution >= 4 is 11.4 Å². The zero-order valence-corrected chi connectivity index (χ0v) is 34.1. The van der Waals surface area contributed by atoms with Gasteiger partial charge in [0.2, 0.25) is 0 Å². The van der Waals surface area contributed by atoms with Gasteiger partial charge in [-0.25, -0.2) is 0 Å². The normalized spacial score (nSPS) is 13.0. The van der Waals surface area contributed by atoms with Crippen molar-refractivity contribution in [3.8, 4) is 0 Å². The lowest BCUT2D eigenvalue weighted by Gasteiger charge is -2.35. The standard InChI is InChI=1S/C46H91N3/c1-4-7-10-13-16-18-19-20-21-23-25-30-35-40-45(49)46(41-36-31-26-15-12-9-6-3,42-37-32-27-28-33-38-43-47)44(48)39-34-29-24-22-17-14-11-8-5-2/h32,37,48-49H,4-31,33-36,38-43,47H2,1-3H3. The predicted molar refractivity (Wildman–Crippen MR) is 224 cm³/mol. The summed E-state index contributed by atoms with van der Waals surface area (Å²) < 4.78 is 0. The quantitative estimate of drug-likeness (QED) is 0.0334. The van der Waals surface area contributed by atoms with Gasteiger partial charge in [-0.2, -0.15) is 0 Å². The van der Waals surface area contributed by atoms with Gasteiger partial charge in [-0.1, -0.05) is 213 Å². The van der Waals surface area contributed by atoms with E-state index in [4.69, 9.17) is 5.73 Å². The Kier molecular flexibility index (Phi) is 37.5. The third-order valence-corrected chi connectivity index (χ3v) is 11.1. The highest BCUT2D eigenvalue weighted by Crippen LogP contribution is 2.37. The maximum Gasteiger partial charge on any atom is 0.0489 e. The van der Waals surface area contributed by atoms with Crippen molar-refractivity contribution in [1.82, 2.24) is 0 Å². The molecule has 0 aromatic rings. The lowest BCUT2D eigenvalue weighted by molar-refractivity contribution is 0.455. The van der Waals surface area contributed by atoms with Crippen LogP contribution in [0.2, 0.25) is 0 Å². The van der Waals surface area contributed by atoms with Gasteiger partial charge in [0.05, 0.1) is 0 Å². The molecule has 3 heteroatoms. The van der Waals surface area contributed by atoms with Crippen LogP contribution in [0.1, 0.15) is 258 Å². The number of allylic oxidation sites excluding steroid dienone is 2. The third kappa shape index (κ3) is 29.3. The van der Waals surface area contributed by atoms with Crippen LogP contribution in [0.15, 0.2) is 12.2 Å². The first-order valence-corrected chi connectivity index (χ1v) is 22.6. The zero-order valence-electron chi connectivity index (χ0n) is 34.1. The molecular formula is C46H91N3. The molecule has 1 atom stereocenters. The number of unbranched alkanes of at least 4 members (excludes halogenated alkanes) is 29. The van der Waals surface area contributed by atoms with E-state index in [0.29, 0.717) is 0 Å². The van der Waals surface area contributed by atoms with Crippen LogP contribution < -0.4 is 5.73 Å². The van der Waals surface area contributed by atoms with Crippen molar-refractivity contribution in [3.05, 3.63) is 12.2 Å². The van der Waals surface area contributed by atoms with E-state index in [-0.39, 0.29) is 5.41 Å². The highest BCUT2D eigenvalue weighted by Gasteiger charge is 2.37. The summed E-state index contributed by atoms with van der Waals surface area (Å²) >= 11 is 0. The molecule has 0 rings (SSSR count). The number of nitrogens with two attached hydrogens (primary N) is 1. The summed E-state index contributed by atoms with van der Waals surface area (Å²) in [5, 5.41) is 19.1. The minimum atomic E-state index is -0.353. The van der Waals surface area contributed by atoms with Gasteiger partial charge in [-0.05, 0) is 64.3 Å². The van der Waals surface area contributed by atoms with Crippen LogP contribution in [0.25, 0.3) is 0 Å². The summed E-state index contributed by atoms with van der Waals surface area (Å²) in [6.07, 6.45) is 51.7. The number of rotatable bonds is 41. The molecule has 1 unspecified atom stereocenters. The van der Waals surface area contributed by atoms with Crippen molar-refractivity contribution in [2.45, 2.75) is 258 Å². The zero-order chi connectivity index (χ0) is 35.9. The Balaban J connectivity index is 5.13. The van der Waals surface area contributed by atoms with Crippen LogP contribution >= 0.6 is 0 Å².